The third-order valence-electron chi connectivity index (χ3n) is 3.97. The molecule has 0 fully saturated rings. The van der Waals surface area contributed by atoms with Gasteiger partial charge in [-0.05, 0) is 35.7 Å². The van der Waals surface area contributed by atoms with Crippen LogP contribution in [0.5, 0.6) is 5.75 Å². The SMILES string of the molecule is CCc1ccc(/C=N/NC(=O)c2cc(-c3ccccc3OC)n[nH]2)cc1. The Morgan fingerprint density at radius 3 is 2.73 bits per heavy atom. The average Bonchev–Trinajstić information content (AvgIpc) is 3.18. The van der Waals surface area contributed by atoms with Crippen LogP contribution in [-0.2, 0) is 6.42 Å². The summed E-state index contributed by atoms with van der Waals surface area (Å²) < 4.78 is 5.32. The largest absolute Gasteiger partial charge is 0.496 e. The zero-order valence-corrected chi connectivity index (χ0v) is 14.7. The molecule has 2 aromatic carbocycles. The standard InChI is InChI=1S/C20H20N4O2/c1-3-14-8-10-15(11-9-14)13-21-24-20(25)18-12-17(22-23-18)16-6-4-5-7-19(16)26-2/h4-13H,3H2,1-2H3,(H,22,23)(H,24,25)/b21-13+. The Bertz CT molecular complexity index is 914. The van der Waals surface area contributed by atoms with Crippen molar-refractivity contribution in [3.63, 3.8) is 0 Å². The van der Waals surface area contributed by atoms with E-state index in [2.05, 4.69) is 27.6 Å². The van der Waals surface area contributed by atoms with Crippen molar-refractivity contribution < 1.29 is 9.53 Å². The van der Waals surface area contributed by atoms with Crippen molar-refractivity contribution in [3.8, 4) is 17.0 Å². The van der Waals surface area contributed by atoms with Crippen LogP contribution < -0.4 is 10.2 Å². The number of ether oxygens (including phenoxy) is 1. The highest BCUT2D eigenvalue weighted by molar-refractivity contribution is 5.94. The Balaban J connectivity index is 1.67. The van der Waals surface area contributed by atoms with Gasteiger partial charge in [0.25, 0.3) is 5.91 Å². The molecule has 6 nitrogen and oxygen atoms in total. The van der Waals surface area contributed by atoms with E-state index in [9.17, 15) is 4.79 Å². The second kappa shape index (κ2) is 8.11. The zero-order chi connectivity index (χ0) is 18.4. The quantitative estimate of drug-likeness (QED) is 0.529. The Labute approximate surface area is 151 Å². The van der Waals surface area contributed by atoms with E-state index >= 15 is 0 Å². The number of amides is 1. The van der Waals surface area contributed by atoms with E-state index in [0.29, 0.717) is 17.1 Å². The fourth-order valence-electron chi connectivity index (χ4n) is 2.50. The number of aromatic amines is 1. The number of hydrogen-bond acceptors (Lipinski definition) is 4. The molecule has 0 radical (unpaired) electrons. The number of methoxy groups -OCH3 is 1. The lowest BCUT2D eigenvalue weighted by molar-refractivity contribution is 0.0950. The average molecular weight is 348 g/mol. The van der Waals surface area contributed by atoms with Gasteiger partial charge in [0.15, 0.2) is 0 Å². The lowest BCUT2D eigenvalue weighted by atomic mass is 10.1. The van der Waals surface area contributed by atoms with Gasteiger partial charge in [-0.15, -0.1) is 0 Å². The second-order valence-corrected chi connectivity index (χ2v) is 5.66. The van der Waals surface area contributed by atoms with Crippen molar-refractivity contribution in [2.24, 2.45) is 5.10 Å². The molecule has 1 amide bonds. The first-order valence-corrected chi connectivity index (χ1v) is 8.32. The van der Waals surface area contributed by atoms with Gasteiger partial charge < -0.3 is 4.74 Å². The van der Waals surface area contributed by atoms with Gasteiger partial charge in [-0.25, -0.2) is 5.43 Å². The number of H-pyrrole nitrogens is 1. The fourth-order valence-corrected chi connectivity index (χ4v) is 2.50. The molecule has 26 heavy (non-hydrogen) atoms. The Morgan fingerprint density at radius 1 is 1.23 bits per heavy atom. The summed E-state index contributed by atoms with van der Waals surface area (Å²) in [5, 5.41) is 10.9. The van der Waals surface area contributed by atoms with Gasteiger partial charge in [-0.2, -0.15) is 10.2 Å². The lowest BCUT2D eigenvalue weighted by Crippen LogP contribution is -2.18. The number of carbonyl (C=O) groups is 1. The molecule has 0 saturated heterocycles. The van der Waals surface area contributed by atoms with Gasteiger partial charge in [-0.1, -0.05) is 43.3 Å². The van der Waals surface area contributed by atoms with Crippen LogP contribution in [0.3, 0.4) is 0 Å². The van der Waals surface area contributed by atoms with Gasteiger partial charge in [0.05, 0.1) is 19.0 Å². The smallest absolute Gasteiger partial charge is 0.289 e. The molecule has 0 aliphatic heterocycles. The molecule has 132 valence electrons. The molecule has 0 aliphatic carbocycles. The van der Waals surface area contributed by atoms with Gasteiger partial charge in [0, 0.05) is 5.56 Å². The number of nitrogens with zero attached hydrogens (tertiary/aromatic N) is 2. The molecular weight excluding hydrogens is 328 g/mol. The summed E-state index contributed by atoms with van der Waals surface area (Å²) >= 11 is 0. The fraction of sp³-hybridized carbons (Fsp3) is 0.150. The first kappa shape index (κ1) is 17.4. The van der Waals surface area contributed by atoms with Crippen molar-refractivity contribution in [3.05, 3.63) is 71.4 Å². The van der Waals surface area contributed by atoms with E-state index in [1.165, 1.54) is 5.56 Å². The summed E-state index contributed by atoms with van der Waals surface area (Å²) in [5.41, 5.74) is 6.44. The molecule has 0 saturated carbocycles. The number of hydrogen-bond donors (Lipinski definition) is 2. The van der Waals surface area contributed by atoms with Crippen molar-refractivity contribution >= 4 is 12.1 Å². The summed E-state index contributed by atoms with van der Waals surface area (Å²) in [7, 11) is 1.60. The molecule has 0 bridgehead atoms. The minimum absolute atomic E-state index is 0.324. The van der Waals surface area contributed by atoms with Crippen LogP contribution in [0.1, 0.15) is 28.5 Å². The Kier molecular flexibility index (Phi) is 5.43. The van der Waals surface area contributed by atoms with Crippen molar-refractivity contribution in [1.82, 2.24) is 15.6 Å². The normalized spacial score (nSPS) is 10.8. The van der Waals surface area contributed by atoms with Gasteiger partial charge in [0.2, 0.25) is 0 Å². The number of nitrogens with one attached hydrogen (secondary N) is 2. The molecule has 2 N–H and O–H groups in total. The maximum Gasteiger partial charge on any atom is 0.289 e. The molecule has 3 aromatic rings. The molecule has 0 unspecified atom stereocenters. The van der Waals surface area contributed by atoms with Gasteiger partial charge in [-0.3, -0.25) is 9.89 Å². The van der Waals surface area contributed by atoms with Crippen LogP contribution in [0.4, 0.5) is 0 Å². The molecule has 1 aromatic heterocycles. The third kappa shape index (κ3) is 3.97. The number of rotatable bonds is 6. The lowest BCUT2D eigenvalue weighted by Gasteiger charge is -2.04. The highest BCUT2D eigenvalue weighted by Gasteiger charge is 2.13. The maximum atomic E-state index is 12.2. The second-order valence-electron chi connectivity index (χ2n) is 5.66. The van der Waals surface area contributed by atoms with Crippen molar-refractivity contribution in [1.29, 1.82) is 0 Å². The predicted molar refractivity (Wildman–Crippen MR) is 101 cm³/mol. The van der Waals surface area contributed by atoms with Crippen LogP contribution in [0.15, 0.2) is 59.7 Å². The molecule has 0 atom stereocenters. The minimum Gasteiger partial charge on any atom is -0.496 e. The minimum atomic E-state index is -0.361. The molecule has 0 spiro atoms. The molecule has 0 aliphatic rings. The number of benzene rings is 2. The first-order valence-electron chi connectivity index (χ1n) is 8.32. The van der Waals surface area contributed by atoms with Gasteiger partial charge >= 0.3 is 0 Å². The predicted octanol–water partition coefficient (Wildman–Crippen LogP) is 3.41. The van der Waals surface area contributed by atoms with Crippen LogP contribution in [0, 0.1) is 0 Å². The van der Waals surface area contributed by atoms with E-state index in [1.807, 2.05) is 48.5 Å². The van der Waals surface area contributed by atoms with E-state index in [4.69, 9.17) is 4.74 Å². The molecular formula is C20H20N4O2. The summed E-state index contributed by atoms with van der Waals surface area (Å²) in [6.07, 6.45) is 2.59. The van der Waals surface area contributed by atoms with Crippen LogP contribution >= 0.6 is 0 Å². The van der Waals surface area contributed by atoms with Crippen LogP contribution in [0.25, 0.3) is 11.3 Å². The van der Waals surface area contributed by atoms with Crippen molar-refractivity contribution in [2.45, 2.75) is 13.3 Å². The third-order valence-corrected chi connectivity index (χ3v) is 3.97. The maximum absolute atomic E-state index is 12.2. The number of hydrazone groups is 1. The monoisotopic (exact) mass is 348 g/mol. The number of aromatic nitrogens is 2. The highest BCUT2D eigenvalue weighted by Crippen LogP contribution is 2.28. The van der Waals surface area contributed by atoms with Crippen molar-refractivity contribution in [2.75, 3.05) is 7.11 Å². The summed E-state index contributed by atoms with van der Waals surface area (Å²) in [6, 6.07) is 17.2. The number of para-hydroxylation sites is 1. The summed E-state index contributed by atoms with van der Waals surface area (Å²) in [4.78, 5) is 12.2. The molecule has 3 rings (SSSR count). The van der Waals surface area contributed by atoms with Gasteiger partial charge in [0.1, 0.15) is 11.4 Å². The molecule has 1 heterocycles. The molecule has 6 heteroatoms. The summed E-state index contributed by atoms with van der Waals surface area (Å²) in [5.74, 6) is 0.333. The summed E-state index contributed by atoms with van der Waals surface area (Å²) in [6.45, 7) is 2.10. The Hall–Kier alpha value is -3.41. The zero-order valence-electron chi connectivity index (χ0n) is 14.7. The topological polar surface area (TPSA) is 79.4 Å². The highest BCUT2D eigenvalue weighted by atomic mass is 16.5. The van der Waals surface area contributed by atoms with E-state index in [-0.39, 0.29) is 5.91 Å². The number of aryl methyl sites for hydroxylation is 1. The Morgan fingerprint density at radius 2 is 2.00 bits per heavy atom. The first-order chi connectivity index (χ1) is 12.7. The van der Waals surface area contributed by atoms with E-state index < -0.39 is 0 Å². The van der Waals surface area contributed by atoms with E-state index in [1.54, 1.807) is 19.4 Å². The van der Waals surface area contributed by atoms with Crippen LogP contribution in [-0.4, -0.2) is 29.4 Å². The number of carbonyl (C=O) groups excluding carboxylic acids is 1. The van der Waals surface area contributed by atoms with E-state index in [0.717, 1.165) is 17.5 Å². The van der Waals surface area contributed by atoms with Crippen LogP contribution in [0.2, 0.25) is 0 Å².